The highest BCUT2D eigenvalue weighted by atomic mass is 15.1. The van der Waals surface area contributed by atoms with Crippen LogP contribution >= 0.6 is 0 Å². The van der Waals surface area contributed by atoms with Crippen LogP contribution in [0.25, 0.3) is 10.4 Å². The second-order valence-electron chi connectivity index (χ2n) is 2.96. The summed E-state index contributed by atoms with van der Waals surface area (Å²) in [6.45, 7) is 4.98. The zero-order chi connectivity index (χ0) is 9.23. The molecule has 0 aromatic carbocycles. The van der Waals surface area contributed by atoms with Gasteiger partial charge in [0.15, 0.2) is 0 Å². The average molecular weight is 170 g/mol. The van der Waals surface area contributed by atoms with Crippen LogP contribution in [0.3, 0.4) is 0 Å². The van der Waals surface area contributed by atoms with Crippen LogP contribution in [-0.2, 0) is 0 Å². The Labute approximate surface area is 74.2 Å². The Hall–Kier alpha value is -0.730. The molecule has 0 unspecified atom stereocenters. The van der Waals surface area contributed by atoms with Crippen LogP contribution in [0, 0.1) is 0 Å². The molecule has 0 aliphatic carbocycles. The summed E-state index contributed by atoms with van der Waals surface area (Å²) in [7, 11) is 2.10. The number of unbranched alkanes of at least 4 members (excludes halogenated alkanes) is 1. The van der Waals surface area contributed by atoms with E-state index in [-0.39, 0.29) is 0 Å². The first-order valence-electron chi connectivity index (χ1n) is 4.50. The van der Waals surface area contributed by atoms with E-state index < -0.39 is 0 Å². The van der Waals surface area contributed by atoms with Gasteiger partial charge in [-0.15, -0.1) is 0 Å². The number of azide groups is 1. The molecule has 0 fully saturated rings. The normalized spacial score (nSPS) is 9.92. The molecule has 0 radical (unpaired) electrons. The maximum atomic E-state index is 8.02. The quantitative estimate of drug-likeness (QED) is 0.250. The third-order valence-electron chi connectivity index (χ3n) is 1.75. The first kappa shape index (κ1) is 11.3. The van der Waals surface area contributed by atoms with Gasteiger partial charge < -0.3 is 4.90 Å². The smallest absolute Gasteiger partial charge is 0.0270 e. The molecule has 0 aromatic heterocycles. The lowest BCUT2D eigenvalue weighted by Gasteiger charge is -2.14. The average Bonchev–Trinajstić information content (AvgIpc) is 2.09. The Morgan fingerprint density at radius 2 is 2.00 bits per heavy atom. The van der Waals surface area contributed by atoms with E-state index in [0.29, 0.717) is 6.54 Å². The summed E-state index contributed by atoms with van der Waals surface area (Å²) < 4.78 is 0. The van der Waals surface area contributed by atoms with Crippen LogP contribution < -0.4 is 0 Å². The molecule has 0 N–H and O–H groups in total. The lowest BCUT2D eigenvalue weighted by molar-refractivity contribution is 0.325. The Bertz CT molecular complexity index is 140. The van der Waals surface area contributed by atoms with E-state index in [1.54, 1.807) is 0 Å². The van der Waals surface area contributed by atoms with Crippen molar-refractivity contribution in [3.63, 3.8) is 0 Å². The molecule has 0 spiro atoms. The van der Waals surface area contributed by atoms with E-state index >= 15 is 0 Å². The van der Waals surface area contributed by atoms with Crippen molar-refractivity contribution in [1.82, 2.24) is 4.90 Å². The fourth-order valence-electron chi connectivity index (χ4n) is 0.996. The summed E-state index contributed by atoms with van der Waals surface area (Å²) >= 11 is 0. The summed E-state index contributed by atoms with van der Waals surface area (Å²) in [6, 6.07) is 0. The van der Waals surface area contributed by atoms with Gasteiger partial charge in [0.1, 0.15) is 0 Å². The molecule has 0 aliphatic heterocycles. The minimum atomic E-state index is 0.618. The summed E-state index contributed by atoms with van der Waals surface area (Å²) in [6.07, 6.45) is 3.45. The maximum absolute atomic E-state index is 8.02. The van der Waals surface area contributed by atoms with Gasteiger partial charge in [0.2, 0.25) is 0 Å². The monoisotopic (exact) mass is 170 g/mol. The van der Waals surface area contributed by atoms with Crippen LogP contribution in [0.1, 0.15) is 26.2 Å². The second-order valence-corrected chi connectivity index (χ2v) is 2.96. The van der Waals surface area contributed by atoms with Crippen molar-refractivity contribution < 1.29 is 0 Å². The largest absolute Gasteiger partial charge is 0.306 e. The Morgan fingerprint density at radius 1 is 1.33 bits per heavy atom. The summed E-state index contributed by atoms with van der Waals surface area (Å²) in [5, 5.41) is 3.48. The molecule has 0 heterocycles. The fourth-order valence-corrected chi connectivity index (χ4v) is 0.996. The van der Waals surface area contributed by atoms with Crippen molar-refractivity contribution in [1.29, 1.82) is 0 Å². The molecule has 4 nitrogen and oxygen atoms in total. The van der Waals surface area contributed by atoms with Gasteiger partial charge in [0, 0.05) is 11.5 Å². The molecule has 4 heteroatoms. The van der Waals surface area contributed by atoms with Crippen molar-refractivity contribution in [2.45, 2.75) is 26.2 Å². The Balaban J connectivity index is 3.18. The molecular weight excluding hydrogens is 152 g/mol. The highest BCUT2D eigenvalue weighted by Crippen LogP contribution is 1.93. The van der Waals surface area contributed by atoms with Crippen molar-refractivity contribution in [2.24, 2.45) is 5.11 Å². The topological polar surface area (TPSA) is 52.0 Å². The third kappa shape index (κ3) is 7.38. The van der Waals surface area contributed by atoms with Gasteiger partial charge in [0.25, 0.3) is 0 Å². The maximum Gasteiger partial charge on any atom is 0.0270 e. The van der Waals surface area contributed by atoms with Gasteiger partial charge >= 0.3 is 0 Å². The van der Waals surface area contributed by atoms with Gasteiger partial charge in [0.05, 0.1) is 0 Å². The molecular formula is C8H18N4. The lowest BCUT2D eigenvalue weighted by atomic mass is 10.3. The molecule has 0 bridgehead atoms. The summed E-state index contributed by atoms with van der Waals surface area (Å²) in [4.78, 5) is 4.98. The highest BCUT2D eigenvalue weighted by molar-refractivity contribution is 4.53. The summed E-state index contributed by atoms with van der Waals surface area (Å²) in [5.74, 6) is 0. The first-order valence-corrected chi connectivity index (χ1v) is 4.50. The molecule has 0 rings (SSSR count). The van der Waals surface area contributed by atoms with E-state index in [2.05, 4.69) is 28.9 Å². The zero-order valence-corrected chi connectivity index (χ0v) is 8.03. The second kappa shape index (κ2) is 8.37. The van der Waals surface area contributed by atoms with Crippen LogP contribution in [0.5, 0.6) is 0 Å². The molecule has 0 saturated carbocycles. The minimum absolute atomic E-state index is 0.618. The van der Waals surface area contributed by atoms with Crippen molar-refractivity contribution in [2.75, 3.05) is 26.7 Å². The van der Waals surface area contributed by atoms with Crippen LogP contribution in [0.2, 0.25) is 0 Å². The molecule has 0 atom stereocenters. The molecule has 0 aromatic rings. The van der Waals surface area contributed by atoms with Gasteiger partial charge in [-0.2, -0.15) is 0 Å². The van der Waals surface area contributed by atoms with Gasteiger partial charge in [-0.25, -0.2) is 0 Å². The molecule has 70 valence electrons. The van der Waals surface area contributed by atoms with Gasteiger partial charge in [-0.1, -0.05) is 18.5 Å². The number of hydrogen-bond acceptors (Lipinski definition) is 2. The van der Waals surface area contributed by atoms with E-state index in [9.17, 15) is 0 Å². The van der Waals surface area contributed by atoms with E-state index in [0.717, 1.165) is 19.5 Å². The SMILES string of the molecule is CCCCN(C)CCCN=[N+]=[N-]. The molecule has 0 amide bonds. The van der Waals surface area contributed by atoms with Gasteiger partial charge in [-0.3, -0.25) is 0 Å². The van der Waals surface area contributed by atoms with Gasteiger partial charge in [-0.05, 0) is 38.5 Å². The summed E-state index contributed by atoms with van der Waals surface area (Å²) in [5.41, 5.74) is 8.02. The Kier molecular flexibility index (Phi) is 7.86. The van der Waals surface area contributed by atoms with E-state index in [4.69, 9.17) is 5.53 Å². The van der Waals surface area contributed by atoms with Crippen molar-refractivity contribution in [3.05, 3.63) is 10.4 Å². The van der Waals surface area contributed by atoms with Crippen LogP contribution in [0.4, 0.5) is 0 Å². The van der Waals surface area contributed by atoms with E-state index in [1.165, 1.54) is 12.8 Å². The predicted octanol–water partition coefficient (Wildman–Crippen LogP) is 2.42. The predicted molar refractivity (Wildman–Crippen MR) is 51.0 cm³/mol. The zero-order valence-electron chi connectivity index (χ0n) is 8.03. The van der Waals surface area contributed by atoms with Crippen molar-refractivity contribution >= 4 is 0 Å². The van der Waals surface area contributed by atoms with Crippen LogP contribution in [0.15, 0.2) is 5.11 Å². The number of nitrogens with zero attached hydrogens (tertiary/aromatic N) is 4. The third-order valence-corrected chi connectivity index (χ3v) is 1.75. The van der Waals surface area contributed by atoms with Crippen LogP contribution in [-0.4, -0.2) is 31.6 Å². The minimum Gasteiger partial charge on any atom is -0.306 e. The molecule has 12 heavy (non-hydrogen) atoms. The number of hydrogen-bond donors (Lipinski definition) is 0. The Morgan fingerprint density at radius 3 is 2.58 bits per heavy atom. The molecule has 0 saturated heterocycles. The van der Waals surface area contributed by atoms with Crippen molar-refractivity contribution in [3.8, 4) is 0 Å². The first-order chi connectivity index (χ1) is 5.81. The van der Waals surface area contributed by atoms with E-state index in [1.807, 2.05) is 0 Å². The highest BCUT2D eigenvalue weighted by Gasteiger charge is 1.95. The standard InChI is InChI=1S/C8H18N4/c1-3-4-7-12(2)8-5-6-10-11-9/h3-8H2,1-2H3. The molecule has 0 aliphatic rings. The fraction of sp³-hybridized carbons (Fsp3) is 1.00. The number of rotatable bonds is 7. The lowest BCUT2D eigenvalue weighted by Crippen LogP contribution is -2.21.